The summed E-state index contributed by atoms with van der Waals surface area (Å²) < 4.78 is 0. The fourth-order valence-electron chi connectivity index (χ4n) is 1.49. The second-order valence-corrected chi connectivity index (χ2v) is 5.26. The Morgan fingerprint density at radius 2 is 2.36 bits per heavy atom. The average Bonchev–Trinajstić information content (AvgIpc) is 2.19. The maximum atomic E-state index is 4.57. The maximum Gasteiger partial charge on any atom is 0.156 e. The van der Waals surface area contributed by atoms with E-state index in [4.69, 9.17) is 0 Å². The Kier molecular flexibility index (Phi) is 5.38. The molecule has 1 aliphatic heterocycles. The van der Waals surface area contributed by atoms with Crippen LogP contribution in [0.25, 0.3) is 0 Å². The van der Waals surface area contributed by atoms with Crippen LogP contribution in [-0.2, 0) is 0 Å². The van der Waals surface area contributed by atoms with Gasteiger partial charge in [-0.05, 0) is 18.8 Å². The van der Waals surface area contributed by atoms with E-state index in [-0.39, 0.29) is 0 Å². The molecule has 1 rings (SSSR count). The fourth-order valence-corrected chi connectivity index (χ4v) is 2.47. The van der Waals surface area contributed by atoms with Gasteiger partial charge in [0.15, 0.2) is 5.17 Å². The van der Waals surface area contributed by atoms with E-state index in [0.29, 0.717) is 12.0 Å². The first-order valence-electron chi connectivity index (χ1n) is 5.67. The lowest BCUT2D eigenvalue weighted by atomic mass is 10.0. The highest BCUT2D eigenvalue weighted by Gasteiger charge is 2.19. The summed E-state index contributed by atoms with van der Waals surface area (Å²) in [5.74, 6) is 1.94. The molecule has 0 spiro atoms. The quantitative estimate of drug-likeness (QED) is 0.728. The molecule has 1 atom stereocenters. The van der Waals surface area contributed by atoms with Crippen molar-refractivity contribution in [2.24, 2.45) is 10.9 Å². The molecule has 1 fully saturated rings. The zero-order chi connectivity index (χ0) is 10.4. The van der Waals surface area contributed by atoms with Gasteiger partial charge in [0, 0.05) is 18.3 Å². The number of thioether (sulfide) groups is 1. The van der Waals surface area contributed by atoms with E-state index in [2.05, 4.69) is 31.1 Å². The third-order valence-electron chi connectivity index (χ3n) is 2.55. The molecule has 1 heterocycles. The topological polar surface area (TPSA) is 24.4 Å². The number of nitrogens with zero attached hydrogens (tertiary/aromatic N) is 1. The molecule has 1 N–H and O–H groups in total. The lowest BCUT2D eigenvalue weighted by molar-refractivity contribution is 0.442. The van der Waals surface area contributed by atoms with Gasteiger partial charge in [-0.1, -0.05) is 39.0 Å². The normalized spacial score (nSPS) is 25.4. The first kappa shape index (κ1) is 11.9. The molecule has 1 unspecified atom stereocenters. The second kappa shape index (κ2) is 6.33. The summed E-state index contributed by atoms with van der Waals surface area (Å²) in [5.41, 5.74) is 0. The number of aliphatic imine (C=N–C) groups is 1. The van der Waals surface area contributed by atoms with Gasteiger partial charge >= 0.3 is 0 Å². The van der Waals surface area contributed by atoms with Crippen LogP contribution in [0.1, 0.15) is 40.0 Å². The minimum absolute atomic E-state index is 0.636. The summed E-state index contributed by atoms with van der Waals surface area (Å²) in [5, 5.41) is 4.69. The summed E-state index contributed by atoms with van der Waals surface area (Å²) >= 11 is 1.87. The monoisotopic (exact) mass is 214 g/mol. The number of hydrogen-bond donors (Lipinski definition) is 1. The smallest absolute Gasteiger partial charge is 0.156 e. The van der Waals surface area contributed by atoms with Crippen LogP contribution in [0.3, 0.4) is 0 Å². The lowest BCUT2D eigenvalue weighted by Gasteiger charge is -2.28. The van der Waals surface area contributed by atoms with Gasteiger partial charge in [0.1, 0.15) is 0 Å². The molecule has 0 aromatic carbocycles. The molecule has 14 heavy (non-hydrogen) atoms. The molecule has 1 saturated heterocycles. The predicted molar refractivity (Wildman–Crippen MR) is 66.0 cm³/mol. The fraction of sp³-hybridized carbons (Fsp3) is 0.909. The van der Waals surface area contributed by atoms with Gasteiger partial charge in [0.05, 0.1) is 0 Å². The summed E-state index contributed by atoms with van der Waals surface area (Å²) in [6.45, 7) is 7.74. The lowest BCUT2D eigenvalue weighted by Crippen LogP contribution is -2.41. The van der Waals surface area contributed by atoms with Crippen LogP contribution in [-0.4, -0.2) is 23.5 Å². The SMILES string of the molecule is CCCCN=C1NC(C(C)C)CCS1. The first-order chi connectivity index (χ1) is 6.74. The molecular weight excluding hydrogens is 192 g/mol. The highest BCUT2D eigenvalue weighted by molar-refractivity contribution is 8.13. The van der Waals surface area contributed by atoms with E-state index in [1.165, 1.54) is 30.2 Å². The molecule has 0 amide bonds. The van der Waals surface area contributed by atoms with Crippen LogP contribution in [0.15, 0.2) is 4.99 Å². The molecule has 3 heteroatoms. The number of nitrogens with one attached hydrogen (secondary N) is 1. The molecule has 0 radical (unpaired) electrons. The molecule has 0 saturated carbocycles. The zero-order valence-corrected chi connectivity index (χ0v) is 10.4. The van der Waals surface area contributed by atoms with Gasteiger partial charge in [-0.3, -0.25) is 4.99 Å². The zero-order valence-electron chi connectivity index (χ0n) is 9.55. The predicted octanol–water partition coefficient (Wildman–Crippen LogP) is 2.89. The minimum Gasteiger partial charge on any atom is -0.362 e. The number of amidine groups is 1. The van der Waals surface area contributed by atoms with Crippen LogP contribution < -0.4 is 5.32 Å². The highest BCUT2D eigenvalue weighted by Crippen LogP contribution is 2.18. The molecule has 0 aromatic rings. The average molecular weight is 214 g/mol. The van der Waals surface area contributed by atoms with E-state index in [9.17, 15) is 0 Å². The Hall–Kier alpha value is -0.180. The van der Waals surface area contributed by atoms with Gasteiger partial charge in [0.2, 0.25) is 0 Å². The van der Waals surface area contributed by atoms with Crippen molar-refractivity contribution in [2.75, 3.05) is 12.3 Å². The van der Waals surface area contributed by atoms with E-state index in [0.717, 1.165) is 6.54 Å². The Morgan fingerprint density at radius 1 is 1.57 bits per heavy atom. The standard InChI is InChI=1S/C11H22N2S/c1-4-5-7-12-11-13-10(9(2)3)6-8-14-11/h9-10H,4-8H2,1-3H3,(H,12,13). The Labute approximate surface area is 92.0 Å². The van der Waals surface area contributed by atoms with Gasteiger partial charge in [-0.2, -0.15) is 0 Å². The molecule has 2 nitrogen and oxygen atoms in total. The van der Waals surface area contributed by atoms with Crippen LogP contribution in [0.5, 0.6) is 0 Å². The molecule has 1 aliphatic rings. The van der Waals surface area contributed by atoms with Crippen LogP contribution in [0, 0.1) is 5.92 Å². The van der Waals surface area contributed by atoms with E-state index in [1.807, 2.05) is 11.8 Å². The van der Waals surface area contributed by atoms with E-state index >= 15 is 0 Å². The molecular formula is C11H22N2S. The summed E-state index contributed by atoms with van der Waals surface area (Å²) in [4.78, 5) is 4.57. The Balaban J connectivity index is 2.35. The van der Waals surface area contributed by atoms with Crippen LogP contribution in [0.2, 0.25) is 0 Å². The third kappa shape index (κ3) is 3.91. The van der Waals surface area contributed by atoms with Crippen molar-refractivity contribution in [2.45, 2.75) is 46.1 Å². The number of rotatable bonds is 4. The Bertz CT molecular complexity index is 190. The van der Waals surface area contributed by atoms with Crippen LogP contribution >= 0.6 is 11.8 Å². The number of hydrogen-bond acceptors (Lipinski definition) is 2. The Morgan fingerprint density at radius 3 is 3.00 bits per heavy atom. The van der Waals surface area contributed by atoms with Gasteiger partial charge in [-0.15, -0.1) is 0 Å². The second-order valence-electron chi connectivity index (χ2n) is 4.17. The largest absolute Gasteiger partial charge is 0.362 e. The minimum atomic E-state index is 0.636. The van der Waals surface area contributed by atoms with Crippen molar-refractivity contribution >= 4 is 16.9 Å². The van der Waals surface area contributed by atoms with Crippen molar-refractivity contribution in [1.29, 1.82) is 0 Å². The molecule has 0 aromatic heterocycles. The summed E-state index contributed by atoms with van der Waals surface area (Å²) in [6.07, 6.45) is 3.71. The first-order valence-corrected chi connectivity index (χ1v) is 6.66. The highest BCUT2D eigenvalue weighted by atomic mass is 32.2. The van der Waals surface area contributed by atoms with Gasteiger partial charge in [0.25, 0.3) is 0 Å². The van der Waals surface area contributed by atoms with Crippen molar-refractivity contribution < 1.29 is 0 Å². The van der Waals surface area contributed by atoms with Crippen molar-refractivity contribution in [3.63, 3.8) is 0 Å². The summed E-state index contributed by atoms with van der Waals surface area (Å²) in [6, 6.07) is 0.636. The van der Waals surface area contributed by atoms with E-state index in [1.54, 1.807) is 0 Å². The van der Waals surface area contributed by atoms with Gasteiger partial charge in [-0.25, -0.2) is 0 Å². The maximum absolute atomic E-state index is 4.57. The third-order valence-corrected chi connectivity index (χ3v) is 3.51. The molecule has 0 bridgehead atoms. The number of unbranched alkanes of at least 4 members (excludes halogenated alkanes) is 1. The van der Waals surface area contributed by atoms with Crippen molar-refractivity contribution in [3.8, 4) is 0 Å². The molecule has 82 valence electrons. The van der Waals surface area contributed by atoms with Crippen molar-refractivity contribution in [1.82, 2.24) is 5.32 Å². The van der Waals surface area contributed by atoms with Crippen molar-refractivity contribution in [3.05, 3.63) is 0 Å². The van der Waals surface area contributed by atoms with Crippen LogP contribution in [0.4, 0.5) is 0 Å². The van der Waals surface area contributed by atoms with E-state index < -0.39 is 0 Å². The summed E-state index contributed by atoms with van der Waals surface area (Å²) in [7, 11) is 0. The molecule has 0 aliphatic carbocycles. The van der Waals surface area contributed by atoms with Gasteiger partial charge < -0.3 is 5.32 Å².